The minimum Gasteiger partial charge on any atom is -0.386 e. The monoisotopic (exact) mass is 609 g/mol. The maximum Gasteiger partial charge on any atom is 0.397 e. The Morgan fingerprint density at radius 3 is 2.03 bits per heavy atom. The lowest BCUT2D eigenvalue weighted by Gasteiger charge is -2.10. The smallest absolute Gasteiger partial charge is 0.386 e. The molecular formula is C19H19N3O12S4. The quantitative estimate of drug-likeness (QED) is 0.191. The van der Waals surface area contributed by atoms with Crippen molar-refractivity contribution in [3.05, 3.63) is 48.5 Å². The zero-order valence-electron chi connectivity index (χ0n) is 19.1. The third-order valence-corrected chi connectivity index (χ3v) is 8.81. The van der Waals surface area contributed by atoms with E-state index in [1.807, 2.05) is 0 Å². The van der Waals surface area contributed by atoms with Crippen LogP contribution in [-0.2, 0) is 44.7 Å². The van der Waals surface area contributed by atoms with Gasteiger partial charge >= 0.3 is 10.4 Å². The zero-order valence-corrected chi connectivity index (χ0v) is 22.3. The highest BCUT2D eigenvalue weighted by atomic mass is 32.3. The van der Waals surface area contributed by atoms with Gasteiger partial charge in [0, 0.05) is 12.4 Å². The van der Waals surface area contributed by atoms with Crippen LogP contribution in [-0.4, -0.2) is 66.7 Å². The van der Waals surface area contributed by atoms with Crippen LogP contribution in [0, 0.1) is 0 Å². The number of sulfone groups is 1. The van der Waals surface area contributed by atoms with Crippen LogP contribution in [0.5, 0.6) is 0 Å². The van der Waals surface area contributed by atoms with Gasteiger partial charge in [0.25, 0.3) is 20.2 Å². The van der Waals surface area contributed by atoms with Crippen molar-refractivity contribution in [3.63, 3.8) is 0 Å². The average Bonchev–Trinajstić information content (AvgIpc) is 2.79. The Bertz CT molecular complexity index is 1870. The first kappa shape index (κ1) is 29.5. The number of azo groups is 1. The molecule has 19 heteroatoms. The fourth-order valence-electron chi connectivity index (χ4n) is 3.21. The molecule has 0 saturated carbocycles. The first-order chi connectivity index (χ1) is 17.4. The molecule has 0 atom stereocenters. The molecule has 0 amide bonds. The van der Waals surface area contributed by atoms with Crippen molar-refractivity contribution < 1.29 is 51.5 Å². The number of anilines is 1. The topological polar surface area (TPSA) is 243 Å². The summed E-state index contributed by atoms with van der Waals surface area (Å²) in [7, 11) is -17.2. The highest BCUT2D eigenvalue weighted by molar-refractivity contribution is 7.91. The Morgan fingerprint density at radius 1 is 0.789 bits per heavy atom. The molecule has 206 valence electrons. The highest BCUT2D eigenvalue weighted by Gasteiger charge is 2.23. The van der Waals surface area contributed by atoms with Crippen LogP contribution in [0.2, 0.25) is 0 Å². The summed E-state index contributed by atoms with van der Waals surface area (Å²) in [6.45, 7) is -0.961. The van der Waals surface area contributed by atoms with Gasteiger partial charge in [-0.2, -0.15) is 25.3 Å². The van der Waals surface area contributed by atoms with Crippen molar-refractivity contribution >= 4 is 68.3 Å². The van der Waals surface area contributed by atoms with Crippen LogP contribution < -0.4 is 5.32 Å². The van der Waals surface area contributed by atoms with Gasteiger partial charge in [-0.1, -0.05) is 12.1 Å². The van der Waals surface area contributed by atoms with Gasteiger partial charge < -0.3 is 5.32 Å². The predicted octanol–water partition coefficient (Wildman–Crippen LogP) is 2.38. The minimum atomic E-state index is -5.04. The van der Waals surface area contributed by atoms with Gasteiger partial charge in [0.05, 0.1) is 27.8 Å². The second-order valence-electron chi connectivity index (χ2n) is 7.44. The Labute approximate surface area is 217 Å². The molecule has 3 aromatic rings. The van der Waals surface area contributed by atoms with E-state index in [1.54, 1.807) is 7.05 Å². The molecule has 0 aliphatic heterocycles. The number of hydrogen-bond acceptors (Lipinski definition) is 12. The summed E-state index contributed by atoms with van der Waals surface area (Å²) >= 11 is 0. The third kappa shape index (κ3) is 7.08. The standard InChI is InChI=1S/C19H19N3O12S4/c1-20-17-6-2-12-10-14(36(25,26)27)3-5-15(12)19(17)22-21-16-7-4-13(11-18(16)37(28,29)30)35(23,24)9-8-34-38(31,32)33/h2-7,10-11,20H,8-9H2,1H3,(H,25,26,27)(H,28,29,30)(H,31,32,33). The molecule has 0 aliphatic rings. The Kier molecular flexibility index (Phi) is 8.24. The van der Waals surface area contributed by atoms with Crippen molar-refractivity contribution in [2.24, 2.45) is 10.2 Å². The van der Waals surface area contributed by atoms with Crippen molar-refractivity contribution in [2.45, 2.75) is 14.7 Å². The zero-order chi connectivity index (χ0) is 28.5. The van der Waals surface area contributed by atoms with Gasteiger partial charge in [-0.05, 0) is 41.8 Å². The van der Waals surface area contributed by atoms with Crippen molar-refractivity contribution in [2.75, 3.05) is 24.7 Å². The molecular weight excluding hydrogens is 590 g/mol. The van der Waals surface area contributed by atoms with E-state index in [0.29, 0.717) is 22.5 Å². The summed E-state index contributed by atoms with van der Waals surface area (Å²) in [6.07, 6.45) is 0. The number of nitrogens with one attached hydrogen (secondary N) is 1. The largest absolute Gasteiger partial charge is 0.397 e. The first-order valence-electron chi connectivity index (χ1n) is 10.0. The van der Waals surface area contributed by atoms with Gasteiger partial charge in [0.15, 0.2) is 9.84 Å². The van der Waals surface area contributed by atoms with Gasteiger partial charge in [0.2, 0.25) is 0 Å². The molecule has 0 spiro atoms. The fourth-order valence-corrected chi connectivity index (χ4v) is 5.96. The molecule has 0 aromatic heterocycles. The third-order valence-electron chi connectivity index (χ3n) is 4.94. The molecule has 0 heterocycles. The van der Waals surface area contributed by atoms with Crippen LogP contribution >= 0.6 is 0 Å². The average molecular weight is 610 g/mol. The number of rotatable bonds is 10. The number of hydrogen-bond donors (Lipinski definition) is 4. The van der Waals surface area contributed by atoms with Crippen molar-refractivity contribution in [3.8, 4) is 0 Å². The molecule has 0 unspecified atom stereocenters. The lowest BCUT2D eigenvalue weighted by molar-refractivity contribution is 0.284. The SMILES string of the molecule is CNc1ccc2cc(S(=O)(=O)O)ccc2c1N=Nc1ccc(S(=O)(=O)CCOS(=O)(=O)O)cc1S(=O)(=O)O. The highest BCUT2D eigenvalue weighted by Crippen LogP contribution is 2.37. The van der Waals surface area contributed by atoms with Crippen LogP contribution in [0.25, 0.3) is 10.8 Å². The van der Waals surface area contributed by atoms with Gasteiger partial charge in [0.1, 0.15) is 16.3 Å². The summed E-state index contributed by atoms with van der Waals surface area (Å²) < 4.78 is 125. The van der Waals surface area contributed by atoms with E-state index >= 15 is 0 Å². The second kappa shape index (κ2) is 10.6. The lowest BCUT2D eigenvalue weighted by Crippen LogP contribution is -2.16. The number of nitrogens with zero attached hydrogens (tertiary/aromatic N) is 2. The molecule has 38 heavy (non-hydrogen) atoms. The molecule has 15 nitrogen and oxygen atoms in total. The predicted molar refractivity (Wildman–Crippen MR) is 133 cm³/mol. The molecule has 0 bridgehead atoms. The van der Waals surface area contributed by atoms with Gasteiger partial charge in [-0.3, -0.25) is 13.7 Å². The van der Waals surface area contributed by atoms with Gasteiger partial charge in [-0.25, -0.2) is 12.6 Å². The van der Waals surface area contributed by atoms with Crippen LogP contribution in [0.1, 0.15) is 0 Å². The van der Waals surface area contributed by atoms with E-state index < -0.39 is 68.3 Å². The Hall–Kier alpha value is -3.04. The second-order valence-corrected chi connectivity index (χ2v) is 13.5. The Morgan fingerprint density at radius 2 is 1.45 bits per heavy atom. The maximum absolute atomic E-state index is 12.5. The van der Waals surface area contributed by atoms with E-state index in [0.717, 1.165) is 18.2 Å². The number of fused-ring (bicyclic) bond motifs is 1. The summed E-state index contributed by atoms with van der Waals surface area (Å²) in [4.78, 5) is -1.93. The van der Waals surface area contributed by atoms with E-state index in [9.17, 15) is 42.8 Å². The summed E-state index contributed by atoms with van der Waals surface area (Å²) in [5.74, 6) is -0.953. The molecule has 0 saturated heterocycles. The van der Waals surface area contributed by atoms with E-state index in [1.165, 1.54) is 24.3 Å². The van der Waals surface area contributed by atoms with Crippen LogP contribution in [0.3, 0.4) is 0 Å². The fraction of sp³-hybridized carbons (Fsp3) is 0.158. The summed E-state index contributed by atoms with van der Waals surface area (Å²) in [5, 5.41) is 11.4. The maximum atomic E-state index is 12.5. The molecule has 3 rings (SSSR count). The summed E-state index contributed by atoms with van der Waals surface area (Å²) in [6, 6.07) is 9.14. The van der Waals surface area contributed by atoms with Crippen LogP contribution in [0.15, 0.2) is 73.4 Å². The van der Waals surface area contributed by atoms with Crippen molar-refractivity contribution in [1.29, 1.82) is 0 Å². The first-order valence-corrected chi connectivity index (χ1v) is 15.9. The molecule has 0 fully saturated rings. The van der Waals surface area contributed by atoms with Crippen LogP contribution in [0.4, 0.5) is 17.1 Å². The minimum absolute atomic E-state index is 0.118. The Balaban J connectivity index is 2.09. The van der Waals surface area contributed by atoms with E-state index in [2.05, 4.69) is 19.7 Å². The normalized spacial score (nSPS) is 13.3. The number of benzene rings is 3. The van der Waals surface area contributed by atoms with E-state index in [4.69, 9.17) is 4.55 Å². The molecule has 3 aromatic carbocycles. The van der Waals surface area contributed by atoms with E-state index in [-0.39, 0.29) is 10.6 Å². The molecule has 4 N–H and O–H groups in total. The lowest BCUT2D eigenvalue weighted by atomic mass is 10.1. The van der Waals surface area contributed by atoms with Crippen molar-refractivity contribution in [1.82, 2.24) is 0 Å². The summed E-state index contributed by atoms with van der Waals surface area (Å²) in [5.41, 5.74) is 0.0359. The molecule has 0 radical (unpaired) electrons. The van der Waals surface area contributed by atoms with Gasteiger partial charge in [-0.15, -0.1) is 10.2 Å². The molecule has 0 aliphatic carbocycles.